The third kappa shape index (κ3) is 5.07. The van der Waals surface area contributed by atoms with Crippen LogP contribution in [0.15, 0.2) is 89.7 Å². The Morgan fingerprint density at radius 1 is 0.811 bits per heavy atom. The van der Waals surface area contributed by atoms with Crippen molar-refractivity contribution in [2.24, 2.45) is 5.73 Å². The van der Waals surface area contributed by atoms with Crippen molar-refractivity contribution in [2.45, 2.75) is 13.1 Å². The van der Waals surface area contributed by atoms with Crippen LogP contribution in [-0.4, -0.2) is 23.8 Å². The van der Waals surface area contributed by atoms with Gasteiger partial charge in [-0.3, -0.25) is 9.36 Å². The molecule has 0 aliphatic carbocycles. The number of nitrogens with zero attached hydrogens (tertiary/aromatic N) is 2. The van der Waals surface area contributed by atoms with Gasteiger partial charge in [0.2, 0.25) is 0 Å². The van der Waals surface area contributed by atoms with Gasteiger partial charge in [0.05, 0.1) is 31.7 Å². The van der Waals surface area contributed by atoms with Gasteiger partial charge < -0.3 is 15.2 Å². The summed E-state index contributed by atoms with van der Waals surface area (Å²) in [7, 11) is 3.25. The highest BCUT2D eigenvalue weighted by atomic mass is 35.5. The number of ether oxygens (including phenoxy) is 2. The van der Waals surface area contributed by atoms with Crippen LogP contribution in [0, 0.1) is 0 Å². The van der Waals surface area contributed by atoms with E-state index in [1.54, 1.807) is 37.0 Å². The van der Waals surface area contributed by atoms with Gasteiger partial charge in [-0.15, -0.1) is 0 Å². The van der Waals surface area contributed by atoms with E-state index in [1.165, 1.54) is 0 Å². The molecule has 0 saturated heterocycles. The van der Waals surface area contributed by atoms with Crippen molar-refractivity contribution >= 4 is 22.5 Å². The first-order valence-electron chi connectivity index (χ1n) is 11.8. The Morgan fingerprint density at radius 2 is 1.49 bits per heavy atom. The summed E-state index contributed by atoms with van der Waals surface area (Å²) in [6, 6.07) is 26.7. The van der Waals surface area contributed by atoms with Crippen molar-refractivity contribution in [1.29, 1.82) is 0 Å². The molecule has 0 bridgehead atoms. The number of hydrogen-bond donors (Lipinski definition) is 1. The van der Waals surface area contributed by atoms with Gasteiger partial charge in [0, 0.05) is 23.2 Å². The third-order valence-electron chi connectivity index (χ3n) is 6.31. The van der Waals surface area contributed by atoms with Crippen molar-refractivity contribution in [3.63, 3.8) is 0 Å². The van der Waals surface area contributed by atoms with E-state index in [-0.39, 0.29) is 5.56 Å². The molecule has 0 spiro atoms. The molecule has 0 fully saturated rings. The first-order chi connectivity index (χ1) is 18.0. The van der Waals surface area contributed by atoms with Crippen LogP contribution in [-0.2, 0) is 13.1 Å². The maximum atomic E-state index is 13.6. The zero-order chi connectivity index (χ0) is 25.9. The number of fused-ring (bicyclic) bond motifs is 1. The summed E-state index contributed by atoms with van der Waals surface area (Å²) in [5.41, 5.74) is 11.0. The molecule has 6 nitrogen and oxygen atoms in total. The van der Waals surface area contributed by atoms with Crippen LogP contribution in [0.3, 0.4) is 0 Å². The minimum absolute atomic E-state index is 0.128. The molecule has 0 saturated carbocycles. The molecule has 2 N–H and O–H groups in total. The maximum absolute atomic E-state index is 13.6. The molecule has 0 radical (unpaired) electrons. The van der Waals surface area contributed by atoms with Gasteiger partial charge >= 0.3 is 0 Å². The molecule has 37 heavy (non-hydrogen) atoms. The van der Waals surface area contributed by atoms with Gasteiger partial charge in [0.15, 0.2) is 0 Å². The van der Waals surface area contributed by atoms with Gasteiger partial charge in [-0.1, -0.05) is 60.1 Å². The topological polar surface area (TPSA) is 79.4 Å². The fourth-order valence-electron chi connectivity index (χ4n) is 4.38. The summed E-state index contributed by atoms with van der Waals surface area (Å²) in [6.07, 6.45) is 0. The second kappa shape index (κ2) is 10.5. The zero-order valence-corrected chi connectivity index (χ0v) is 21.3. The van der Waals surface area contributed by atoms with E-state index in [9.17, 15) is 4.79 Å². The average molecular weight is 512 g/mol. The molecule has 5 aromatic rings. The van der Waals surface area contributed by atoms with Crippen LogP contribution >= 0.6 is 11.6 Å². The van der Waals surface area contributed by atoms with Gasteiger partial charge in [-0.2, -0.15) is 0 Å². The molecular formula is C30H26ClN3O3. The van der Waals surface area contributed by atoms with E-state index in [0.717, 1.165) is 27.8 Å². The summed E-state index contributed by atoms with van der Waals surface area (Å²) in [6.45, 7) is 0.795. The lowest BCUT2D eigenvalue weighted by Gasteiger charge is -2.15. The fourth-order valence-corrected chi connectivity index (χ4v) is 4.55. The largest absolute Gasteiger partial charge is 0.497 e. The molecule has 0 atom stereocenters. The minimum Gasteiger partial charge on any atom is -0.497 e. The molecule has 7 heteroatoms. The van der Waals surface area contributed by atoms with Crippen molar-refractivity contribution in [1.82, 2.24) is 9.55 Å². The number of aromatic nitrogens is 2. The number of nitrogens with two attached hydrogens (primary N) is 1. The van der Waals surface area contributed by atoms with E-state index >= 15 is 0 Å². The number of hydrogen-bond acceptors (Lipinski definition) is 5. The predicted molar refractivity (Wildman–Crippen MR) is 148 cm³/mol. The third-order valence-corrected chi connectivity index (χ3v) is 6.55. The SMILES string of the molecule is COc1cc(OC)cc(-c2ccc(-c3nc4cc(Cl)ccc4c(=O)n3Cc3cccc(CN)c3)cc2)c1. The standard InChI is InChI=1S/C30H26ClN3O3/c1-36-25-13-23(14-26(16-25)37-2)21-6-8-22(9-7-21)29-33-28-15-24(31)10-11-27(28)30(35)34(29)18-20-5-3-4-19(12-20)17-32/h3-16H,17-18,32H2,1-2H3. The van der Waals surface area contributed by atoms with Crippen LogP contribution in [0.2, 0.25) is 5.02 Å². The Kier molecular flexibility index (Phi) is 6.95. The monoisotopic (exact) mass is 511 g/mol. The highest BCUT2D eigenvalue weighted by Gasteiger charge is 2.15. The molecule has 0 aliphatic heterocycles. The Balaban J connectivity index is 1.63. The van der Waals surface area contributed by atoms with Crippen molar-refractivity contribution in [2.75, 3.05) is 14.2 Å². The van der Waals surface area contributed by atoms with Crippen molar-refractivity contribution < 1.29 is 9.47 Å². The highest BCUT2D eigenvalue weighted by molar-refractivity contribution is 6.31. The number of rotatable bonds is 7. The van der Waals surface area contributed by atoms with Crippen LogP contribution < -0.4 is 20.8 Å². The quantitative estimate of drug-likeness (QED) is 0.294. The maximum Gasteiger partial charge on any atom is 0.261 e. The zero-order valence-electron chi connectivity index (χ0n) is 20.6. The Morgan fingerprint density at radius 3 is 2.16 bits per heavy atom. The van der Waals surface area contributed by atoms with E-state index in [1.807, 2.05) is 66.7 Å². The van der Waals surface area contributed by atoms with Crippen LogP contribution in [0.4, 0.5) is 0 Å². The van der Waals surface area contributed by atoms with Gasteiger partial charge in [0.25, 0.3) is 5.56 Å². The molecule has 4 aromatic carbocycles. The molecule has 1 heterocycles. The van der Waals surface area contributed by atoms with Gasteiger partial charge in [-0.05, 0) is 52.6 Å². The summed E-state index contributed by atoms with van der Waals surface area (Å²) < 4.78 is 12.5. The van der Waals surface area contributed by atoms with Crippen molar-refractivity contribution in [3.8, 4) is 34.0 Å². The number of methoxy groups -OCH3 is 2. The van der Waals surface area contributed by atoms with Crippen LogP contribution in [0.5, 0.6) is 11.5 Å². The van der Waals surface area contributed by atoms with E-state index in [0.29, 0.717) is 46.3 Å². The number of benzene rings is 4. The Hall–Kier alpha value is -4.13. The first-order valence-corrected chi connectivity index (χ1v) is 12.2. The molecular weight excluding hydrogens is 486 g/mol. The summed E-state index contributed by atoms with van der Waals surface area (Å²) in [5.74, 6) is 1.98. The highest BCUT2D eigenvalue weighted by Crippen LogP contribution is 2.31. The summed E-state index contributed by atoms with van der Waals surface area (Å²) >= 11 is 6.23. The van der Waals surface area contributed by atoms with E-state index < -0.39 is 0 Å². The first kappa shape index (κ1) is 24.6. The lowest BCUT2D eigenvalue weighted by Crippen LogP contribution is -2.24. The normalized spacial score (nSPS) is 11.0. The smallest absolute Gasteiger partial charge is 0.261 e. The van der Waals surface area contributed by atoms with E-state index in [4.69, 9.17) is 31.8 Å². The van der Waals surface area contributed by atoms with E-state index in [2.05, 4.69) is 0 Å². The second-order valence-electron chi connectivity index (χ2n) is 8.69. The molecule has 0 unspecified atom stereocenters. The Bertz CT molecular complexity index is 1620. The summed E-state index contributed by atoms with van der Waals surface area (Å²) in [4.78, 5) is 18.5. The Labute approximate surface area is 219 Å². The average Bonchev–Trinajstić information content (AvgIpc) is 2.94. The minimum atomic E-state index is -0.128. The fraction of sp³-hybridized carbons (Fsp3) is 0.133. The molecule has 0 aliphatic rings. The number of halogens is 1. The van der Waals surface area contributed by atoms with Gasteiger partial charge in [-0.25, -0.2) is 4.98 Å². The van der Waals surface area contributed by atoms with Gasteiger partial charge in [0.1, 0.15) is 17.3 Å². The lowest BCUT2D eigenvalue weighted by atomic mass is 10.0. The lowest BCUT2D eigenvalue weighted by molar-refractivity contribution is 0.394. The van der Waals surface area contributed by atoms with Crippen LogP contribution in [0.1, 0.15) is 11.1 Å². The van der Waals surface area contributed by atoms with Crippen molar-refractivity contribution in [3.05, 3.63) is 111 Å². The molecule has 1 aromatic heterocycles. The predicted octanol–water partition coefficient (Wildman–Crippen LogP) is 5.91. The summed E-state index contributed by atoms with van der Waals surface area (Å²) in [5, 5.41) is 1.05. The van der Waals surface area contributed by atoms with Crippen LogP contribution in [0.25, 0.3) is 33.4 Å². The molecule has 0 amide bonds. The second-order valence-corrected chi connectivity index (χ2v) is 9.13. The molecule has 5 rings (SSSR count). The molecule has 186 valence electrons.